The average Bonchev–Trinajstić information content (AvgIpc) is 2.48. The maximum absolute atomic E-state index is 11.1. The Kier molecular flexibility index (Phi) is 3.83. The van der Waals surface area contributed by atoms with Crippen LogP contribution in [0.2, 0.25) is 0 Å². The lowest BCUT2D eigenvalue weighted by Crippen LogP contribution is -2.11. The van der Waals surface area contributed by atoms with Crippen molar-refractivity contribution in [3.63, 3.8) is 0 Å². The lowest BCUT2D eigenvalue weighted by molar-refractivity contribution is -0.135. The third-order valence-corrected chi connectivity index (χ3v) is 3.99. The molecule has 0 aliphatic carbocycles. The highest BCUT2D eigenvalue weighted by Crippen LogP contribution is 2.46. The van der Waals surface area contributed by atoms with Crippen molar-refractivity contribution in [2.24, 2.45) is 0 Å². The first-order valence-corrected chi connectivity index (χ1v) is 5.28. The Balaban J connectivity index is 2.93. The van der Waals surface area contributed by atoms with Gasteiger partial charge in [-0.2, -0.15) is 5.26 Å². The number of carbonyl (C=O) groups excluding carboxylic acids is 1. The molecule has 0 aromatic carbocycles. The number of rotatable bonds is 1. The Labute approximate surface area is 88.7 Å². The molecule has 0 bridgehead atoms. The van der Waals surface area contributed by atoms with E-state index in [0.717, 1.165) is 30.6 Å². The standard InChI is InChI=1S/C7H7NO4S2/c1-12-4(9)3(2-8)7-13-5(10)6(11)14-7/h5-6,10-11H,1H3. The third kappa shape index (κ3) is 2.22. The molecule has 2 atom stereocenters. The van der Waals surface area contributed by atoms with Crippen molar-refractivity contribution in [2.45, 2.75) is 10.9 Å². The molecular formula is C7H7NO4S2. The molecule has 1 aliphatic rings. The van der Waals surface area contributed by atoms with Gasteiger partial charge in [0.25, 0.3) is 0 Å². The summed E-state index contributed by atoms with van der Waals surface area (Å²) in [5.74, 6) is -0.760. The molecule has 1 heterocycles. The minimum Gasteiger partial charge on any atom is -0.465 e. The second-order valence-corrected chi connectivity index (χ2v) is 4.79. The lowest BCUT2D eigenvalue weighted by atomic mass is 10.3. The molecule has 1 saturated heterocycles. The molecule has 0 spiro atoms. The summed E-state index contributed by atoms with van der Waals surface area (Å²) in [7, 11) is 1.16. The second-order valence-electron chi connectivity index (χ2n) is 2.28. The summed E-state index contributed by atoms with van der Waals surface area (Å²) in [5.41, 5.74) is -2.20. The molecule has 14 heavy (non-hydrogen) atoms. The first-order chi connectivity index (χ1) is 6.60. The number of nitriles is 1. The topological polar surface area (TPSA) is 90.6 Å². The van der Waals surface area contributed by atoms with E-state index in [9.17, 15) is 4.79 Å². The number of ether oxygens (including phenoxy) is 1. The van der Waals surface area contributed by atoms with Gasteiger partial charge in [0.15, 0.2) is 5.57 Å². The van der Waals surface area contributed by atoms with Crippen molar-refractivity contribution in [3.05, 3.63) is 9.81 Å². The van der Waals surface area contributed by atoms with E-state index < -0.39 is 16.8 Å². The molecule has 2 N–H and O–H groups in total. The Hall–Kier alpha value is -0.680. The van der Waals surface area contributed by atoms with Crippen molar-refractivity contribution in [1.82, 2.24) is 0 Å². The van der Waals surface area contributed by atoms with Gasteiger partial charge in [-0.15, -0.1) is 0 Å². The van der Waals surface area contributed by atoms with Crippen LogP contribution in [0.4, 0.5) is 0 Å². The summed E-state index contributed by atoms with van der Waals surface area (Å²) >= 11 is 1.75. The number of methoxy groups -OCH3 is 1. The predicted molar refractivity (Wildman–Crippen MR) is 51.9 cm³/mol. The number of aliphatic hydroxyl groups excluding tert-OH is 2. The predicted octanol–water partition coefficient (Wildman–Crippen LogP) is 0.0114. The number of aliphatic hydroxyl groups is 2. The van der Waals surface area contributed by atoms with Gasteiger partial charge >= 0.3 is 5.97 Å². The van der Waals surface area contributed by atoms with Crippen LogP contribution in [0.5, 0.6) is 0 Å². The molecule has 0 amide bonds. The zero-order valence-corrected chi connectivity index (χ0v) is 8.76. The van der Waals surface area contributed by atoms with Crippen LogP contribution in [-0.4, -0.2) is 34.2 Å². The lowest BCUT2D eigenvalue weighted by Gasteiger charge is -2.00. The molecule has 0 saturated carbocycles. The smallest absolute Gasteiger partial charge is 0.350 e. The fourth-order valence-corrected chi connectivity index (χ4v) is 3.07. The summed E-state index contributed by atoms with van der Waals surface area (Å²) in [6, 6.07) is 1.68. The van der Waals surface area contributed by atoms with E-state index in [0.29, 0.717) is 4.24 Å². The van der Waals surface area contributed by atoms with Crippen LogP contribution in [0.15, 0.2) is 9.81 Å². The van der Waals surface area contributed by atoms with Crippen molar-refractivity contribution < 1.29 is 19.7 Å². The largest absolute Gasteiger partial charge is 0.465 e. The van der Waals surface area contributed by atoms with Crippen LogP contribution in [-0.2, 0) is 9.53 Å². The SMILES string of the molecule is COC(=O)C(C#N)=C1SC(O)C(O)S1. The van der Waals surface area contributed by atoms with Crippen LogP contribution in [0, 0.1) is 11.3 Å². The number of thioether (sulfide) groups is 2. The Morgan fingerprint density at radius 1 is 1.50 bits per heavy atom. The zero-order chi connectivity index (χ0) is 10.7. The van der Waals surface area contributed by atoms with E-state index in [-0.39, 0.29) is 5.57 Å². The molecule has 2 unspecified atom stereocenters. The maximum Gasteiger partial charge on any atom is 0.350 e. The van der Waals surface area contributed by atoms with Crippen LogP contribution in [0.1, 0.15) is 0 Å². The fraction of sp³-hybridized carbons (Fsp3) is 0.429. The average molecular weight is 233 g/mol. The molecule has 7 heteroatoms. The molecule has 1 aliphatic heterocycles. The van der Waals surface area contributed by atoms with Gasteiger partial charge in [-0.1, -0.05) is 23.5 Å². The van der Waals surface area contributed by atoms with Crippen LogP contribution < -0.4 is 0 Å². The number of carbonyl (C=O) groups is 1. The van der Waals surface area contributed by atoms with Gasteiger partial charge in [-0.05, 0) is 0 Å². The van der Waals surface area contributed by atoms with Gasteiger partial charge in [0, 0.05) is 0 Å². The van der Waals surface area contributed by atoms with Crippen LogP contribution in [0.25, 0.3) is 0 Å². The summed E-state index contributed by atoms with van der Waals surface area (Å²) in [6.45, 7) is 0. The van der Waals surface area contributed by atoms with Gasteiger partial charge in [0.1, 0.15) is 16.9 Å². The maximum atomic E-state index is 11.1. The van der Waals surface area contributed by atoms with E-state index in [1.807, 2.05) is 0 Å². The van der Waals surface area contributed by atoms with E-state index in [1.165, 1.54) is 0 Å². The Bertz CT molecular complexity index is 310. The monoisotopic (exact) mass is 233 g/mol. The number of esters is 1. The Morgan fingerprint density at radius 2 is 2.00 bits per heavy atom. The second kappa shape index (κ2) is 4.70. The van der Waals surface area contributed by atoms with Gasteiger partial charge in [-0.3, -0.25) is 0 Å². The van der Waals surface area contributed by atoms with Crippen LogP contribution in [0.3, 0.4) is 0 Å². The van der Waals surface area contributed by atoms with Gasteiger partial charge < -0.3 is 14.9 Å². The van der Waals surface area contributed by atoms with Crippen LogP contribution >= 0.6 is 23.5 Å². The summed E-state index contributed by atoms with van der Waals surface area (Å²) < 4.78 is 4.67. The molecule has 76 valence electrons. The highest BCUT2D eigenvalue weighted by Gasteiger charge is 2.33. The highest BCUT2D eigenvalue weighted by atomic mass is 32.2. The van der Waals surface area contributed by atoms with Gasteiger partial charge in [0.2, 0.25) is 0 Å². The molecule has 0 aromatic heterocycles. The summed E-state index contributed by atoms with van der Waals surface area (Å²) in [6.07, 6.45) is 0. The van der Waals surface area contributed by atoms with E-state index in [2.05, 4.69) is 4.74 Å². The quantitative estimate of drug-likeness (QED) is 0.374. The van der Waals surface area contributed by atoms with E-state index in [4.69, 9.17) is 15.5 Å². The molecule has 5 nitrogen and oxygen atoms in total. The number of nitrogens with zero attached hydrogens (tertiary/aromatic N) is 1. The van der Waals surface area contributed by atoms with Crippen molar-refractivity contribution >= 4 is 29.5 Å². The first kappa shape index (κ1) is 11.4. The zero-order valence-electron chi connectivity index (χ0n) is 7.13. The minimum absolute atomic E-state index is 0.182. The molecule has 1 rings (SSSR count). The molecule has 0 aromatic rings. The summed E-state index contributed by atoms with van der Waals surface area (Å²) in [5, 5.41) is 27.0. The van der Waals surface area contributed by atoms with Gasteiger partial charge in [-0.25, -0.2) is 4.79 Å². The van der Waals surface area contributed by atoms with E-state index >= 15 is 0 Å². The molecule has 0 radical (unpaired) electrons. The third-order valence-electron chi connectivity index (χ3n) is 1.40. The minimum atomic E-state index is -1.01. The summed E-state index contributed by atoms with van der Waals surface area (Å²) in [4.78, 5) is 11.1. The molecular weight excluding hydrogens is 226 g/mol. The highest BCUT2D eigenvalue weighted by molar-refractivity contribution is 8.25. The fourth-order valence-electron chi connectivity index (χ4n) is 0.758. The normalized spacial score (nSPS) is 25.7. The van der Waals surface area contributed by atoms with Gasteiger partial charge in [0.05, 0.1) is 11.3 Å². The van der Waals surface area contributed by atoms with Crippen molar-refractivity contribution in [3.8, 4) is 6.07 Å². The van der Waals surface area contributed by atoms with Crippen molar-refractivity contribution in [1.29, 1.82) is 5.26 Å². The van der Waals surface area contributed by atoms with Crippen molar-refractivity contribution in [2.75, 3.05) is 7.11 Å². The number of hydrogen-bond acceptors (Lipinski definition) is 7. The number of hydrogen-bond donors (Lipinski definition) is 2. The first-order valence-electron chi connectivity index (χ1n) is 3.52. The van der Waals surface area contributed by atoms with E-state index in [1.54, 1.807) is 6.07 Å². The molecule has 1 fully saturated rings. The Morgan fingerprint density at radius 3 is 2.36 bits per heavy atom.